The van der Waals surface area contributed by atoms with Crippen LogP contribution in [0.25, 0.3) is 0 Å². The normalized spacial score (nSPS) is 10.5. The van der Waals surface area contributed by atoms with Crippen LogP contribution in [0.3, 0.4) is 0 Å². The molecule has 0 aliphatic heterocycles. The lowest BCUT2D eigenvalue weighted by atomic mass is 10.1. The molecule has 3 nitrogen and oxygen atoms in total. The summed E-state index contributed by atoms with van der Waals surface area (Å²) in [6.45, 7) is 7.57. The molecule has 0 aromatic heterocycles. The van der Waals surface area contributed by atoms with Crippen molar-refractivity contribution in [1.82, 2.24) is 5.32 Å². The third-order valence-electron chi connectivity index (χ3n) is 3.69. The fourth-order valence-corrected chi connectivity index (χ4v) is 2.47. The van der Waals surface area contributed by atoms with Crippen LogP contribution >= 0.6 is 0 Å². The summed E-state index contributed by atoms with van der Waals surface area (Å²) in [5.41, 5.74) is 5.63. The van der Waals surface area contributed by atoms with Crippen molar-refractivity contribution < 1.29 is 4.79 Å². The second-order valence-corrected chi connectivity index (χ2v) is 5.73. The Kier molecular flexibility index (Phi) is 5.73. The molecule has 116 valence electrons. The van der Waals surface area contributed by atoms with E-state index in [1.165, 1.54) is 11.1 Å². The summed E-state index contributed by atoms with van der Waals surface area (Å²) >= 11 is 0. The summed E-state index contributed by atoms with van der Waals surface area (Å²) in [5, 5.41) is 6.32. The zero-order chi connectivity index (χ0) is 15.9. The van der Waals surface area contributed by atoms with Gasteiger partial charge in [-0.05, 0) is 37.5 Å². The molecule has 0 heterocycles. The first-order chi connectivity index (χ1) is 10.6. The van der Waals surface area contributed by atoms with Crippen LogP contribution in [0.1, 0.15) is 28.7 Å². The van der Waals surface area contributed by atoms with Gasteiger partial charge in [-0.2, -0.15) is 0 Å². The minimum Gasteiger partial charge on any atom is -0.326 e. The monoisotopic (exact) mass is 296 g/mol. The second-order valence-electron chi connectivity index (χ2n) is 5.73. The molecule has 0 saturated heterocycles. The number of hydrogen-bond donors (Lipinski definition) is 2. The second kappa shape index (κ2) is 7.76. The van der Waals surface area contributed by atoms with Crippen molar-refractivity contribution in [2.75, 3.05) is 11.9 Å². The van der Waals surface area contributed by atoms with Crippen LogP contribution in [0.15, 0.2) is 42.5 Å². The molecular weight excluding hydrogens is 272 g/mol. The van der Waals surface area contributed by atoms with Crippen LogP contribution in [0.2, 0.25) is 0 Å². The van der Waals surface area contributed by atoms with Gasteiger partial charge in [0.05, 0.1) is 0 Å². The van der Waals surface area contributed by atoms with Gasteiger partial charge >= 0.3 is 0 Å². The Labute approximate surface area is 132 Å². The minimum absolute atomic E-state index is 0.0501. The molecule has 0 atom stereocenters. The van der Waals surface area contributed by atoms with Gasteiger partial charge in [0.1, 0.15) is 0 Å². The zero-order valence-electron chi connectivity index (χ0n) is 13.6. The lowest BCUT2D eigenvalue weighted by molar-refractivity contribution is -0.116. The van der Waals surface area contributed by atoms with Crippen molar-refractivity contribution in [1.29, 1.82) is 0 Å². The molecule has 2 aromatic rings. The summed E-state index contributed by atoms with van der Waals surface area (Å²) < 4.78 is 0. The molecule has 0 spiro atoms. The number of amides is 1. The van der Waals surface area contributed by atoms with E-state index in [0.717, 1.165) is 23.4 Å². The number of nitrogens with one attached hydrogen (secondary N) is 2. The Morgan fingerprint density at radius 3 is 2.36 bits per heavy atom. The van der Waals surface area contributed by atoms with Crippen LogP contribution in [0, 0.1) is 20.8 Å². The zero-order valence-corrected chi connectivity index (χ0v) is 13.6. The molecule has 0 saturated carbocycles. The summed E-state index contributed by atoms with van der Waals surface area (Å²) in [6.07, 6.45) is 0.472. The minimum atomic E-state index is 0.0501. The molecule has 0 fully saturated rings. The summed E-state index contributed by atoms with van der Waals surface area (Å²) in [6, 6.07) is 14.4. The van der Waals surface area contributed by atoms with Gasteiger partial charge in [0, 0.05) is 25.2 Å². The smallest absolute Gasteiger partial charge is 0.225 e. The standard InChI is InChI=1S/C19H24N2O/c1-14-6-4-9-17(12-14)13-20-11-10-18(22)21-19-15(2)7-5-8-16(19)3/h4-9,12,20H,10-11,13H2,1-3H3,(H,21,22). The highest BCUT2D eigenvalue weighted by Gasteiger charge is 2.06. The largest absolute Gasteiger partial charge is 0.326 e. The molecule has 2 N–H and O–H groups in total. The SMILES string of the molecule is Cc1cccc(CNCCC(=O)Nc2c(C)cccc2C)c1. The highest BCUT2D eigenvalue weighted by atomic mass is 16.1. The Morgan fingerprint density at radius 2 is 1.68 bits per heavy atom. The van der Waals surface area contributed by atoms with E-state index in [-0.39, 0.29) is 5.91 Å². The Balaban J connectivity index is 1.76. The van der Waals surface area contributed by atoms with E-state index in [1.807, 2.05) is 32.0 Å². The molecule has 0 aliphatic rings. The fourth-order valence-electron chi connectivity index (χ4n) is 2.47. The average molecular weight is 296 g/mol. The summed E-state index contributed by atoms with van der Waals surface area (Å²) in [5.74, 6) is 0.0501. The summed E-state index contributed by atoms with van der Waals surface area (Å²) in [4.78, 5) is 12.0. The van der Waals surface area contributed by atoms with E-state index in [0.29, 0.717) is 13.0 Å². The third kappa shape index (κ3) is 4.71. The number of para-hydroxylation sites is 1. The Hall–Kier alpha value is -2.13. The van der Waals surface area contributed by atoms with E-state index in [1.54, 1.807) is 0 Å². The van der Waals surface area contributed by atoms with E-state index < -0.39 is 0 Å². The lowest BCUT2D eigenvalue weighted by Gasteiger charge is -2.11. The first-order valence-electron chi connectivity index (χ1n) is 7.68. The molecule has 0 aliphatic carbocycles. The topological polar surface area (TPSA) is 41.1 Å². The van der Waals surface area contributed by atoms with Crippen molar-refractivity contribution in [2.45, 2.75) is 33.7 Å². The van der Waals surface area contributed by atoms with Gasteiger partial charge in [-0.15, -0.1) is 0 Å². The van der Waals surface area contributed by atoms with Crippen molar-refractivity contribution in [2.24, 2.45) is 0 Å². The molecule has 0 unspecified atom stereocenters. The van der Waals surface area contributed by atoms with Crippen LogP contribution in [-0.4, -0.2) is 12.5 Å². The molecular formula is C19H24N2O. The van der Waals surface area contributed by atoms with Crippen LogP contribution in [0.4, 0.5) is 5.69 Å². The quantitative estimate of drug-likeness (QED) is 0.798. The number of benzene rings is 2. The highest BCUT2D eigenvalue weighted by molar-refractivity contribution is 5.92. The maximum atomic E-state index is 12.0. The van der Waals surface area contributed by atoms with Gasteiger partial charge in [0.2, 0.25) is 5.91 Å². The molecule has 2 rings (SSSR count). The molecule has 0 bridgehead atoms. The van der Waals surface area contributed by atoms with E-state index in [2.05, 4.69) is 41.8 Å². The van der Waals surface area contributed by atoms with Crippen molar-refractivity contribution in [3.63, 3.8) is 0 Å². The van der Waals surface area contributed by atoms with Crippen molar-refractivity contribution in [3.05, 3.63) is 64.7 Å². The van der Waals surface area contributed by atoms with Gasteiger partial charge in [-0.1, -0.05) is 48.0 Å². The Bertz CT molecular complexity index is 629. The lowest BCUT2D eigenvalue weighted by Crippen LogP contribution is -2.22. The molecule has 3 heteroatoms. The number of aryl methyl sites for hydroxylation is 3. The third-order valence-corrected chi connectivity index (χ3v) is 3.69. The van der Waals surface area contributed by atoms with Crippen LogP contribution in [0.5, 0.6) is 0 Å². The van der Waals surface area contributed by atoms with E-state index in [4.69, 9.17) is 0 Å². The maximum Gasteiger partial charge on any atom is 0.225 e. The van der Waals surface area contributed by atoms with E-state index in [9.17, 15) is 4.79 Å². The van der Waals surface area contributed by atoms with Crippen LogP contribution < -0.4 is 10.6 Å². The van der Waals surface area contributed by atoms with Gasteiger partial charge in [-0.3, -0.25) is 4.79 Å². The molecule has 2 aromatic carbocycles. The van der Waals surface area contributed by atoms with Gasteiger partial charge in [-0.25, -0.2) is 0 Å². The molecule has 0 radical (unpaired) electrons. The van der Waals surface area contributed by atoms with Gasteiger partial charge in [0.25, 0.3) is 0 Å². The van der Waals surface area contributed by atoms with Gasteiger partial charge < -0.3 is 10.6 Å². The number of carbonyl (C=O) groups excluding carboxylic acids is 1. The van der Waals surface area contributed by atoms with Crippen molar-refractivity contribution in [3.8, 4) is 0 Å². The first-order valence-corrected chi connectivity index (χ1v) is 7.68. The highest BCUT2D eigenvalue weighted by Crippen LogP contribution is 2.19. The number of carbonyl (C=O) groups is 1. The first kappa shape index (κ1) is 16.2. The van der Waals surface area contributed by atoms with E-state index >= 15 is 0 Å². The Morgan fingerprint density at radius 1 is 1.00 bits per heavy atom. The maximum absolute atomic E-state index is 12.0. The predicted octanol–water partition coefficient (Wildman–Crippen LogP) is 3.73. The molecule has 1 amide bonds. The van der Waals surface area contributed by atoms with Crippen molar-refractivity contribution >= 4 is 11.6 Å². The van der Waals surface area contributed by atoms with Crippen LogP contribution in [-0.2, 0) is 11.3 Å². The number of hydrogen-bond acceptors (Lipinski definition) is 2. The average Bonchev–Trinajstić information content (AvgIpc) is 2.48. The number of anilines is 1. The summed E-state index contributed by atoms with van der Waals surface area (Å²) in [7, 11) is 0. The van der Waals surface area contributed by atoms with Gasteiger partial charge in [0.15, 0.2) is 0 Å². The fraction of sp³-hybridized carbons (Fsp3) is 0.316. The molecule has 22 heavy (non-hydrogen) atoms. The number of rotatable bonds is 6. The predicted molar refractivity (Wildman–Crippen MR) is 92.0 cm³/mol.